The molecule has 2 nitrogen and oxygen atoms in total. The standard InChI is InChI=1S/C15H14ClNO/c16-13-8-6-12(7-9-13)15(18)10-11-17-14-4-2-1-3-5-14/h1-9,17H,10-11H2. The molecular formula is C15H14ClNO. The molecule has 18 heavy (non-hydrogen) atoms. The third-order valence-electron chi connectivity index (χ3n) is 2.62. The third kappa shape index (κ3) is 3.60. The molecule has 0 aliphatic heterocycles. The second-order valence-corrected chi connectivity index (χ2v) is 4.41. The monoisotopic (exact) mass is 259 g/mol. The Hall–Kier alpha value is -1.80. The van der Waals surface area contributed by atoms with Gasteiger partial charge in [-0.1, -0.05) is 29.8 Å². The molecule has 0 atom stereocenters. The van der Waals surface area contributed by atoms with Crippen LogP contribution in [0.5, 0.6) is 0 Å². The van der Waals surface area contributed by atoms with Crippen molar-refractivity contribution in [1.82, 2.24) is 0 Å². The molecule has 92 valence electrons. The highest BCUT2D eigenvalue weighted by atomic mass is 35.5. The van der Waals surface area contributed by atoms with Crippen LogP contribution in [0.15, 0.2) is 54.6 Å². The average molecular weight is 260 g/mol. The Labute approximate surface area is 112 Å². The maximum absolute atomic E-state index is 11.9. The van der Waals surface area contributed by atoms with Crippen molar-refractivity contribution in [2.24, 2.45) is 0 Å². The molecule has 2 rings (SSSR count). The minimum atomic E-state index is 0.120. The average Bonchev–Trinajstić information content (AvgIpc) is 2.40. The summed E-state index contributed by atoms with van der Waals surface area (Å²) in [5, 5.41) is 3.86. The smallest absolute Gasteiger partial charge is 0.164 e. The third-order valence-corrected chi connectivity index (χ3v) is 2.87. The number of nitrogens with one attached hydrogen (secondary N) is 1. The predicted octanol–water partition coefficient (Wildman–Crippen LogP) is 4.02. The molecule has 0 spiro atoms. The highest BCUT2D eigenvalue weighted by Gasteiger charge is 2.04. The Morgan fingerprint density at radius 1 is 1.00 bits per heavy atom. The van der Waals surface area contributed by atoms with Gasteiger partial charge in [0.25, 0.3) is 0 Å². The van der Waals surface area contributed by atoms with Crippen LogP contribution in [0.25, 0.3) is 0 Å². The number of ketones is 1. The van der Waals surface area contributed by atoms with E-state index in [0.29, 0.717) is 23.6 Å². The summed E-state index contributed by atoms with van der Waals surface area (Å²) in [5.74, 6) is 0.120. The van der Waals surface area contributed by atoms with Gasteiger partial charge in [0, 0.05) is 29.2 Å². The van der Waals surface area contributed by atoms with Gasteiger partial charge >= 0.3 is 0 Å². The molecule has 0 aliphatic rings. The molecule has 0 saturated heterocycles. The lowest BCUT2D eigenvalue weighted by Gasteiger charge is -2.05. The summed E-state index contributed by atoms with van der Waals surface area (Å²) in [6, 6.07) is 16.8. The summed E-state index contributed by atoms with van der Waals surface area (Å²) in [7, 11) is 0. The van der Waals surface area contributed by atoms with Crippen LogP contribution < -0.4 is 5.32 Å². The number of hydrogen-bond acceptors (Lipinski definition) is 2. The molecule has 0 radical (unpaired) electrons. The van der Waals surface area contributed by atoms with Gasteiger partial charge in [0.2, 0.25) is 0 Å². The molecule has 0 unspecified atom stereocenters. The molecule has 0 heterocycles. The number of Topliss-reactive ketones (excluding diaryl/α,β-unsaturated/α-hetero) is 1. The highest BCUT2D eigenvalue weighted by Crippen LogP contribution is 2.11. The number of anilines is 1. The summed E-state index contributed by atoms with van der Waals surface area (Å²) in [6.07, 6.45) is 0.469. The van der Waals surface area contributed by atoms with Crippen molar-refractivity contribution < 1.29 is 4.79 Å². The maximum Gasteiger partial charge on any atom is 0.164 e. The second kappa shape index (κ2) is 6.22. The van der Waals surface area contributed by atoms with Crippen molar-refractivity contribution in [3.63, 3.8) is 0 Å². The van der Waals surface area contributed by atoms with E-state index in [0.717, 1.165) is 5.69 Å². The first-order chi connectivity index (χ1) is 8.75. The minimum absolute atomic E-state index is 0.120. The van der Waals surface area contributed by atoms with Crippen LogP contribution >= 0.6 is 11.6 Å². The van der Waals surface area contributed by atoms with E-state index in [2.05, 4.69) is 5.32 Å². The Balaban J connectivity index is 1.84. The Morgan fingerprint density at radius 2 is 1.67 bits per heavy atom. The summed E-state index contributed by atoms with van der Waals surface area (Å²) in [6.45, 7) is 0.630. The first-order valence-corrected chi connectivity index (χ1v) is 6.21. The highest BCUT2D eigenvalue weighted by molar-refractivity contribution is 6.30. The fourth-order valence-electron chi connectivity index (χ4n) is 1.66. The van der Waals surface area contributed by atoms with Crippen molar-refractivity contribution in [3.05, 3.63) is 65.2 Å². The van der Waals surface area contributed by atoms with Gasteiger partial charge in [-0.05, 0) is 36.4 Å². The van der Waals surface area contributed by atoms with E-state index in [1.54, 1.807) is 24.3 Å². The predicted molar refractivity (Wildman–Crippen MR) is 75.3 cm³/mol. The largest absolute Gasteiger partial charge is 0.385 e. The number of benzene rings is 2. The van der Waals surface area contributed by atoms with Crippen molar-refractivity contribution in [1.29, 1.82) is 0 Å². The van der Waals surface area contributed by atoms with Gasteiger partial charge in [0.1, 0.15) is 0 Å². The lowest BCUT2D eigenvalue weighted by Crippen LogP contribution is -2.08. The van der Waals surface area contributed by atoms with Crippen LogP contribution in [0.3, 0.4) is 0 Å². The Kier molecular flexibility index (Phi) is 4.37. The van der Waals surface area contributed by atoms with Crippen LogP contribution in [0.1, 0.15) is 16.8 Å². The number of para-hydroxylation sites is 1. The fraction of sp³-hybridized carbons (Fsp3) is 0.133. The topological polar surface area (TPSA) is 29.1 Å². The quantitative estimate of drug-likeness (QED) is 0.822. The minimum Gasteiger partial charge on any atom is -0.385 e. The van der Waals surface area contributed by atoms with Gasteiger partial charge in [0.15, 0.2) is 5.78 Å². The first kappa shape index (κ1) is 12.7. The lowest BCUT2D eigenvalue weighted by atomic mass is 10.1. The molecule has 3 heteroatoms. The van der Waals surface area contributed by atoms with Gasteiger partial charge < -0.3 is 5.32 Å². The molecule has 1 N–H and O–H groups in total. The van der Waals surface area contributed by atoms with Crippen LogP contribution in [0, 0.1) is 0 Å². The zero-order valence-electron chi connectivity index (χ0n) is 9.90. The molecule has 2 aromatic carbocycles. The van der Waals surface area contributed by atoms with E-state index < -0.39 is 0 Å². The number of rotatable bonds is 5. The number of halogens is 1. The van der Waals surface area contributed by atoms with E-state index in [4.69, 9.17) is 11.6 Å². The van der Waals surface area contributed by atoms with E-state index >= 15 is 0 Å². The van der Waals surface area contributed by atoms with E-state index in [1.807, 2.05) is 30.3 Å². The van der Waals surface area contributed by atoms with Crippen LogP contribution in [0.2, 0.25) is 5.02 Å². The van der Waals surface area contributed by atoms with Crippen LogP contribution in [0.4, 0.5) is 5.69 Å². The zero-order chi connectivity index (χ0) is 12.8. The molecule has 0 aliphatic carbocycles. The Morgan fingerprint density at radius 3 is 2.33 bits per heavy atom. The van der Waals surface area contributed by atoms with Crippen LogP contribution in [-0.4, -0.2) is 12.3 Å². The zero-order valence-corrected chi connectivity index (χ0v) is 10.7. The lowest BCUT2D eigenvalue weighted by molar-refractivity contribution is 0.0986. The van der Waals surface area contributed by atoms with Gasteiger partial charge in [-0.25, -0.2) is 0 Å². The molecule has 0 bridgehead atoms. The Bertz CT molecular complexity index is 508. The van der Waals surface area contributed by atoms with Crippen LogP contribution in [-0.2, 0) is 0 Å². The van der Waals surface area contributed by atoms with Crippen molar-refractivity contribution in [3.8, 4) is 0 Å². The van der Waals surface area contributed by atoms with Gasteiger partial charge in [-0.3, -0.25) is 4.79 Å². The van der Waals surface area contributed by atoms with Gasteiger partial charge in [-0.2, -0.15) is 0 Å². The van der Waals surface area contributed by atoms with Gasteiger partial charge in [0.05, 0.1) is 0 Å². The maximum atomic E-state index is 11.9. The molecule has 0 amide bonds. The molecule has 0 aromatic heterocycles. The summed E-state index contributed by atoms with van der Waals surface area (Å²) in [4.78, 5) is 11.9. The van der Waals surface area contributed by atoms with E-state index in [-0.39, 0.29) is 5.78 Å². The van der Waals surface area contributed by atoms with E-state index in [1.165, 1.54) is 0 Å². The van der Waals surface area contributed by atoms with Crippen molar-refractivity contribution in [2.45, 2.75) is 6.42 Å². The van der Waals surface area contributed by atoms with Gasteiger partial charge in [-0.15, -0.1) is 0 Å². The first-order valence-electron chi connectivity index (χ1n) is 5.83. The number of carbonyl (C=O) groups is 1. The molecular weight excluding hydrogens is 246 g/mol. The normalized spacial score (nSPS) is 10.1. The SMILES string of the molecule is O=C(CCNc1ccccc1)c1ccc(Cl)cc1. The summed E-state index contributed by atoms with van der Waals surface area (Å²) in [5.41, 5.74) is 1.73. The molecule has 0 fully saturated rings. The fourth-order valence-corrected chi connectivity index (χ4v) is 1.78. The number of hydrogen-bond donors (Lipinski definition) is 1. The van der Waals surface area contributed by atoms with Crippen molar-refractivity contribution >= 4 is 23.1 Å². The molecule has 0 saturated carbocycles. The summed E-state index contributed by atoms with van der Waals surface area (Å²) < 4.78 is 0. The molecule has 2 aromatic rings. The van der Waals surface area contributed by atoms with Crippen molar-refractivity contribution in [2.75, 3.05) is 11.9 Å². The number of carbonyl (C=O) groups excluding carboxylic acids is 1. The van der Waals surface area contributed by atoms with E-state index in [9.17, 15) is 4.79 Å². The summed E-state index contributed by atoms with van der Waals surface area (Å²) >= 11 is 5.78. The second-order valence-electron chi connectivity index (χ2n) is 3.97.